The zero-order chi connectivity index (χ0) is 10.3. The minimum absolute atomic E-state index is 0.0104. The molecule has 0 aliphatic carbocycles. The van der Waals surface area contributed by atoms with Gasteiger partial charge in [0.25, 0.3) is 0 Å². The van der Waals surface area contributed by atoms with Gasteiger partial charge in [-0.05, 0) is 13.1 Å². The Hall–Kier alpha value is -0.680. The number of rotatable bonds is 1. The molecule has 0 radical (unpaired) electrons. The van der Waals surface area contributed by atoms with E-state index in [9.17, 15) is 8.78 Å². The van der Waals surface area contributed by atoms with E-state index in [0.717, 1.165) is 6.07 Å². The topological polar surface area (TPSA) is 21.3 Å². The highest BCUT2D eigenvalue weighted by Gasteiger charge is 2.30. The van der Waals surface area contributed by atoms with Crippen molar-refractivity contribution in [1.29, 1.82) is 0 Å². The summed E-state index contributed by atoms with van der Waals surface area (Å²) in [5, 5.41) is 2.96. The molecular formula is C9H8BrF2NO. The maximum Gasteiger partial charge on any atom is 0.201 e. The minimum atomic E-state index is -0.916. The number of ether oxygens (including phenoxy) is 1. The Labute approximate surface area is 88.4 Å². The molecule has 14 heavy (non-hydrogen) atoms. The molecule has 0 saturated heterocycles. The summed E-state index contributed by atoms with van der Waals surface area (Å²) in [6.07, 6.45) is 0. The van der Waals surface area contributed by atoms with Gasteiger partial charge in [0.2, 0.25) is 5.82 Å². The fourth-order valence-corrected chi connectivity index (χ4v) is 2.19. The van der Waals surface area contributed by atoms with Crippen molar-refractivity contribution < 1.29 is 13.5 Å². The number of nitrogens with one attached hydrogen (secondary N) is 1. The molecule has 1 aromatic carbocycles. The molecule has 1 aliphatic rings. The Morgan fingerprint density at radius 3 is 2.93 bits per heavy atom. The molecule has 1 N–H and O–H groups in total. The summed E-state index contributed by atoms with van der Waals surface area (Å²) in [6, 6.07) is 1.03. The van der Waals surface area contributed by atoms with Crippen molar-refractivity contribution in [1.82, 2.24) is 5.32 Å². The lowest BCUT2D eigenvalue weighted by Crippen LogP contribution is -2.17. The van der Waals surface area contributed by atoms with Gasteiger partial charge in [-0.15, -0.1) is 0 Å². The SMILES string of the molecule is CNC1COc2c(F)c(F)cc(Br)c21. The highest BCUT2D eigenvalue weighted by molar-refractivity contribution is 9.10. The number of halogens is 3. The summed E-state index contributed by atoms with van der Waals surface area (Å²) in [4.78, 5) is 0. The number of fused-ring (bicyclic) bond motifs is 1. The van der Waals surface area contributed by atoms with Crippen molar-refractivity contribution in [2.45, 2.75) is 6.04 Å². The number of hydrogen-bond acceptors (Lipinski definition) is 2. The molecule has 0 fully saturated rings. The van der Waals surface area contributed by atoms with E-state index in [1.165, 1.54) is 0 Å². The molecular weight excluding hydrogens is 256 g/mol. The highest BCUT2D eigenvalue weighted by atomic mass is 79.9. The largest absolute Gasteiger partial charge is 0.488 e. The molecule has 1 aliphatic heterocycles. The third kappa shape index (κ3) is 1.31. The lowest BCUT2D eigenvalue weighted by atomic mass is 10.1. The number of hydrogen-bond donors (Lipinski definition) is 1. The van der Waals surface area contributed by atoms with Crippen LogP contribution >= 0.6 is 15.9 Å². The number of likely N-dealkylation sites (N-methyl/N-ethyl adjacent to an activating group) is 1. The predicted molar refractivity (Wildman–Crippen MR) is 51.4 cm³/mol. The van der Waals surface area contributed by atoms with E-state index in [1.54, 1.807) is 7.05 Å². The van der Waals surface area contributed by atoms with E-state index in [2.05, 4.69) is 21.2 Å². The van der Waals surface area contributed by atoms with Gasteiger partial charge < -0.3 is 10.1 Å². The first-order valence-electron chi connectivity index (χ1n) is 4.12. The van der Waals surface area contributed by atoms with Crippen molar-refractivity contribution >= 4 is 15.9 Å². The van der Waals surface area contributed by atoms with E-state index in [1.807, 2.05) is 0 Å². The second kappa shape index (κ2) is 3.47. The van der Waals surface area contributed by atoms with Crippen LogP contribution in [0.1, 0.15) is 11.6 Å². The Bertz CT molecular complexity index is 384. The van der Waals surface area contributed by atoms with E-state index < -0.39 is 11.6 Å². The van der Waals surface area contributed by atoms with Crippen LogP contribution in [0.2, 0.25) is 0 Å². The van der Waals surface area contributed by atoms with E-state index in [0.29, 0.717) is 16.6 Å². The molecule has 76 valence electrons. The van der Waals surface area contributed by atoms with Crippen LogP contribution in [0.3, 0.4) is 0 Å². The van der Waals surface area contributed by atoms with Crippen LogP contribution in [0.5, 0.6) is 5.75 Å². The monoisotopic (exact) mass is 263 g/mol. The van der Waals surface area contributed by atoms with Crippen LogP contribution < -0.4 is 10.1 Å². The molecule has 0 bridgehead atoms. The van der Waals surface area contributed by atoms with Crippen LogP contribution in [-0.2, 0) is 0 Å². The summed E-state index contributed by atoms with van der Waals surface area (Å²) in [6.45, 7) is 0.324. The molecule has 5 heteroatoms. The van der Waals surface area contributed by atoms with E-state index in [-0.39, 0.29) is 11.8 Å². The van der Waals surface area contributed by atoms with Crippen molar-refractivity contribution in [3.63, 3.8) is 0 Å². The Morgan fingerprint density at radius 2 is 2.29 bits per heavy atom. The Morgan fingerprint density at radius 1 is 1.57 bits per heavy atom. The minimum Gasteiger partial charge on any atom is -0.488 e. The summed E-state index contributed by atoms with van der Waals surface area (Å²) < 4.78 is 31.8. The summed E-state index contributed by atoms with van der Waals surface area (Å²) in [5.74, 6) is -1.80. The highest BCUT2D eigenvalue weighted by Crippen LogP contribution is 2.40. The van der Waals surface area contributed by atoms with Crippen LogP contribution in [0.4, 0.5) is 8.78 Å². The molecule has 1 aromatic rings. The maximum absolute atomic E-state index is 13.2. The van der Waals surface area contributed by atoms with Crippen LogP contribution in [-0.4, -0.2) is 13.7 Å². The summed E-state index contributed by atoms with van der Waals surface area (Å²) in [5.41, 5.74) is 0.645. The molecule has 1 atom stereocenters. The van der Waals surface area contributed by atoms with Crippen LogP contribution in [0.25, 0.3) is 0 Å². The lowest BCUT2D eigenvalue weighted by molar-refractivity contribution is 0.302. The van der Waals surface area contributed by atoms with Gasteiger partial charge in [-0.25, -0.2) is 4.39 Å². The molecule has 0 saturated carbocycles. The van der Waals surface area contributed by atoms with Gasteiger partial charge in [0.05, 0.1) is 6.04 Å². The average molecular weight is 264 g/mol. The zero-order valence-corrected chi connectivity index (χ0v) is 8.99. The van der Waals surface area contributed by atoms with Gasteiger partial charge in [0, 0.05) is 10.0 Å². The number of benzene rings is 1. The normalized spacial score (nSPS) is 19.3. The van der Waals surface area contributed by atoms with Crippen molar-refractivity contribution in [2.24, 2.45) is 0 Å². The van der Waals surface area contributed by atoms with Crippen molar-refractivity contribution in [2.75, 3.05) is 13.7 Å². The first-order valence-corrected chi connectivity index (χ1v) is 4.92. The molecule has 0 aromatic heterocycles. The quantitative estimate of drug-likeness (QED) is 0.786. The van der Waals surface area contributed by atoms with Gasteiger partial charge in [-0.3, -0.25) is 0 Å². The van der Waals surface area contributed by atoms with E-state index in [4.69, 9.17) is 4.74 Å². The summed E-state index contributed by atoms with van der Waals surface area (Å²) in [7, 11) is 1.75. The fourth-order valence-electron chi connectivity index (χ4n) is 1.53. The summed E-state index contributed by atoms with van der Waals surface area (Å²) >= 11 is 3.19. The fraction of sp³-hybridized carbons (Fsp3) is 0.333. The van der Waals surface area contributed by atoms with Gasteiger partial charge in [0.1, 0.15) is 6.61 Å². The van der Waals surface area contributed by atoms with Crippen LogP contribution in [0, 0.1) is 11.6 Å². The van der Waals surface area contributed by atoms with Crippen LogP contribution in [0.15, 0.2) is 10.5 Å². The van der Waals surface area contributed by atoms with Gasteiger partial charge in [-0.1, -0.05) is 15.9 Å². The van der Waals surface area contributed by atoms with Gasteiger partial charge >= 0.3 is 0 Å². The van der Waals surface area contributed by atoms with Crippen molar-refractivity contribution in [3.05, 3.63) is 27.7 Å². The molecule has 1 heterocycles. The third-order valence-electron chi connectivity index (χ3n) is 2.26. The second-order valence-corrected chi connectivity index (χ2v) is 3.90. The first kappa shape index (κ1) is 9.86. The standard InChI is InChI=1S/C9H8BrF2NO/c1-13-6-3-14-9-7(6)4(10)2-5(11)8(9)12/h2,6,13H,3H2,1H3. The second-order valence-electron chi connectivity index (χ2n) is 3.05. The third-order valence-corrected chi connectivity index (χ3v) is 2.91. The predicted octanol–water partition coefficient (Wildman–Crippen LogP) is 2.38. The molecule has 0 spiro atoms. The van der Waals surface area contributed by atoms with E-state index >= 15 is 0 Å². The average Bonchev–Trinajstić information content (AvgIpc) is 2.58. The Balaban J connectivity index is 2.61. The lowest BCUT2D eigenvalue weighted by Gasteiger charge is -2.08. The Kier molecular flexibility index (Phi) is 2.45. The molecule has 2 rings (SSSR count). The van der Waals surface area contributed by atoms with Gasteiger partial charge in [-0.2, -0.15) is 4.39 Å². The van der Waals surface area contributed by atoms with Crippen molar-refractivity contribution in [3.8, 4) is 5.75 Å². The molecule has 2 nitrogen and oxygen atoms in total. The molecule has 0 amide bonds. The molecule has 1 unspecified atom stereocenters. The smallest absolute Gasteiger partial charge is 0.201 e. The van der Waals surface area contributed by atoms with Gasteiger partial charge in [0.15, 0.2) is 11.6 Å². The first-order chi connectivity index (χ1) is 6.65. The zero-order valence-electron chi connectivity index (χ0n) is 7.40. The maximum atomic E-state index is 13.2.